The zero-order valence-electron chi connectivity index (χ0n) is 16.1. The van der Waals surface area contributed by atoms with E-state index in [0.29, 0.717) is 22.6 Å². The molecule has 0 fully saturated rings. The van der Waals surface area contributed by atoms with Gasteiger partial charge in [0.05, 0.1) is 32.9 Å². The second-order valence-electron chi connectivity index (χ2n) is 6.11. The summed E-state index contributed by atoms with van der Waals surface area (Å²) in [5.74, 6) is -0.323. The van der Waals surface area contributed by atoms with Crippen molar-refractivity contribution in [1.82, 2.24) is 10.6 Å². The number of urea groups is 1. The number of esters is 1. The fourth-order valence-electron chi connectivity index (χ4n) is 3.11. The van der Waals surface area contributed by atoms with Crippen molar-refractivity contribution in [2.75, 3.05) is 21.3 Å². The lowest BCUT2D eigenvalue weighted by Gasteiger charge is -2.29. The molecule has 2 amide bonds. The smallest absolute Gasteiger partial charge is 0.355 e. The first kappa shape index (κ1) is 19.9. The van der Waals surface area contributed by atoms with E-state index in [1.807, 2.05) is 0 Å². The van der Waals surface area contributed by atoms with E-state index in [-0.39, 0.29) is 11.3 Å². The van der Waals surface area contributed by atoms with Gasteiger partial charge in [0, 0.05) is 17.2 Å². The predicted molar refractivity (Wildman–Crippen MR) is 104 cm³/mol. The number of ether oxygens (including phenoxy) is 3. The van der Waals surface area contributed by atoms with Crippen LogP contribution < -0.4 is 20.1 Å². The summed E-state index contributed by atoms with van der Waals surface area (Å²) in [6.45, 7) is 0. The van der Waals surface area contributed by atoms with Gasteiger partial charge >= 0.3 is 12.0 Å². The Morgan fingerprint density at radius 2 is 1.69 bits per heavy atom. The summed E-state index contributed by atoms with van der Waals surface area (Å²) < 4.78 is 15.4. The van der Waals surface area contributed by atoms with Gasteiger partial charge < -0.3 is 24.8 Å². The Kier molecular flexibility index (Phi) is 5.82. The standard InChI is InChI=1S/C21H20N2O6/c1-27-13-9-10-14(15(11-13)28-2)17-16(19(24)12-7-5-4-6-8-12)18(20(25)29-3)23-21(26)22-17/h4-11,17H,1-3H3,(H2,22,23,26)/t17-/m0/s1. The van der Waals surface area contributed by atoms with E-state index in [1.165, 1.54) is 21.3 Å². The molecule has 0 bridgehead atoms. The normalized spacial score (nSPS) is 15.8. The van der Waals surface area contributed by atoms with Crippen LogP contribution in [0.15, 0.2) is 59.8 Å². The average molecular weight is 396 g/mol. The van der Waals surface area contributed by atoms with Gasteiger partial charge in [-0.1, -0.05) is 30.3 Å². The van der Waals surface area contributed by atoms with Gasteiger partial charge in [0.2, 0.25) is 0 Å². The number of carbonyl (C=O) groups excluding carboxylic acids is 3. The molecular weight excluding hydrogens is 376 g/mol. The molecule has 1 atom stereocenters. The lowest BCUT2D eigenvalue weighted by molar-refractivity contribution is -0.136. The molecule has 150 valence electrons. The molecule has 2 N–H and O–H groups in total. The topological polar surface area (TPSA) is 103 Å². The van der Waals surface area contributed by atoms with Crippen LogP contribution in [0, 0.1) is 0 Å². The maximum absolute atomic E-state index is 13.3. The van der Waals surface area contributed by atoms with Gasteiger partial charge in [0.25, 0.3) is 0 Å². The first-order chi connectivity index (χ1) is 14.0. The van der Waals surface area contributed by atoms with Crippen LogP contribution in [-0.2, 0) is 9.53 Å². The summed E-state index contributed by atoms with van der Waals surface area (Å²) in [6, 6.07) is 11.8. The molecular formula is C21H20N2O6. The van der Waals surface area contributed by atoms with Crippen LogP contribution in [0.2, 0.25) is 0 Å². The first-order valence-electron chi connectivity index (χ1n) is 8.71. The minimum atomic E-state index is -0.939. The zero-order chi connectivity index (χ0) is 21.0. The maximum atomic E-state index is 13.3. The third-order valence-corrected chi connectivity index (χ3v) is 4.49. The second kappa shape index (κ2) is 8.47. The number of Topliss-reactive ketones (excluding diaryl/α,β-unsaturated/α-hetero) is 1. The highest BCUT2D eigenvalue weighted by Crippen LogP contribution is 2.36. The maximum Gasteiger partial charge on any atom is 0.355 e. The second-order valence-corrected chi connectivity index (χ2v) is 6.11. The van der Waals surface area contributed by atoms with Crippen LogP contribution in [0.4, 0.5) is 4.79 Å². The van der Waals surface area contributed by atoms with Gasteiger partial charge in [0.15, 0.2) is 5.78 Å². The number of hydrogen-bond donors (Lipinski definition) is 2. The number of nitrogens with one attached hydrogen (secondary N) is 2. The molecule has 0 unspecified atom stereocenters. The molecule has 2 aromatic rings. The van der Waals surface area contributed by atoms with Crippen molar-refractivity contribution >= 4 is 17.8 Å². The number of benzene rings is 2. The molecule has 8 heteroatoms. The van der Waals surface area contributed by atoms with Gasteiger partial charge in [-0.15, -0.1) is 0 Å². The number of amides is 2. The third kappa shape index (κ3) is 3.91. The number of hydrogen-bond acceptors (Lipinski definition) is 6. The van der Waals surface area contributed by atoms with Crippen LogP contribution >= 0.6 is 0 Å². The van der Waals surface area contributed by atoms with Gasteiger partial charge in [-0.2, -0.15) is 0 Å². The minimum absolute atomic E-state index is 0.0473. The highest BCUT2D eigenvalue weighted by atomic mass is 16.5. The van der Waals surface area contributed by atoms with Crippen molar-refractivity contribution in [2.45, 2.75) is 6.04 Å². The zero-order valence-corrected chi connectivity index (χ0v) is 16.1. The Morgan fingerprint density at radius 1 is 0.966 bits per heavy atom. The number of carbonyl (C=O) groups is 3. The van der Waals surface area contributed by atoms with Crippen molar-refractivity contribution in [3.63, 3.8) is 0 Å². The van der Waals surface area contributed by atoms with Crippen molar-refractivity contribution in [2.24, 2.45) is 0 Å². The van der Waals surface area contributed by atoms with E-state index in [2.05, 4.69) is 10.6 Å². The first-order valence-corrected chi connectivity index (χ1v) is 8.71. The molecule has 3 rings (SSSR count). The van der Waals surface area contributed by atoms with Gasteiger partial charge in [-0.25, -0.2) is 9.59 Å². The van der Waals surface area contributed by atoms with E-state index >= 15 is 0 Å². The van der Waals surface area contributed by atoms with E-state index in [9.17, 15) is 14.4 Å². The third-order valence-electron chi connectivity index (χ3n) is 4.49. The Hall–Kier alpha value is -3.81. The molecule has 2 aromatic carbocycles. The van der Waals surface area contributed by atoms with Crippen LogP contribution in [0.3, 0.4) is 0 Å². The van der Waals surface area contributed by atoms with Crippen LogP contribution in [0.1, 0.15) is 22.0 Å². The summed E-state index contributed by atoms with van der Waals surface area (Å²) in [6.07, 6.45) is 0. The van der Waals surface area contributed by atoms with Gasteiger partial charge in [-0.05, 0) is 12.1 Å². The molecule has 29 heavy (non-hydrogen) atoms. The highest BCUT2D eigenvalue weighted by molar-refractivity contribution is 6.15. The minimum Gasteiger partial charge on any atom is -0.497 e. The van der Waals surface area contributed by atoms with Crippen molar-refractivity contribution in [1.29, 1.82) is 0 Å². The monoisotopic (exact) mass is 396 g/mol. The predicted octanol–water partition coefficient (Wildman–Crippen LogP) is 2.37. The van der Waals surface area contributed by atoms with E-state index in [4.69, 9.17) is 14.2 Å². The summed E-state index contributed by atoms with van der Waals surface area (Å²) in [7, 11) is 4.16. The highest BCUT2D eigenvalue weighted by Gasteiger charge is 2.37. The van der Waals surface area contributed by atoms with E-state index in [0.717, 1.165) is 0 Å². The molecule has 1 aliphatic heterocycles. The van der Waals surface area contributed by atoms with Crippen molar-refractivity contribution in [3.8, 4) is 11.5 Å². The fourth-order valence-corrected chi connectivity index (χ4v) is 3.11. The summed E-state index contributed by atoms with van der Waals surface area (Å²) in [5.41, 5.74) is 0.683. The number of rotatable bonds is 6. The van der Waals surface area contributed by atoms with Crippen molar-refractivity contribution < 1.29 is 28.6 Å². The lowest BCUT2D eigenvalue weighted by Crippen LogP contribution is -2.47. The lowest BCUT2D eigenvalue weighted by atomic mass is 9.88. The van der Waals surface area contributed by atoms with Crippen LogP contribution in [0.5, 0.6) is 11.5 Å². The Balaban J connectivity index is 2.22. The molecule has 0 aromatic heterocycles. The molecule has 0 aliphatic carbocycles. The summed E-state index contributed by atoms with van der Waals surface area (Å²) in [5, 5.41) is 5.09. The molecule has 0 saturated heterocycles. The molecule has 0 radical (unpaired) electrons. The van der Waals surface area contributed by atoms with Gasteiger partial charge in [0.1, 0.15) is 17.2 Å². The SMILES string of the molecule is COC(=O)C1=C(C(=O)c2ccccc2)[C@H](c2ccc(OC)cc2OC)NC(=O)N1. The molecule has 1 aliphatic rings. The van der Waals surface area contributed by atoms with Gasteiger partial charge in [-0.3, -0.25) is 4.79 Å². The largest absolute Gasteiger partial charge is 0.497 e. The Bertz CT molecular complexity index is 984. The molecule has 1 heterocycles. The number of methoxy groups -OCH3 is 3. The molecule has 0 spiro atoms. The molecule has 0 saturated carbocycles. The number of ketones is 1. The average Bonchev–Trinajstić information content (AvgIpc) is 2.77. The van der Waals surface area contributed by atoms with Crippen LogP contribution in [0.25, 0.3) is 0 Å². The quantitative estimate of drug-likeness (QED) is 0.574. The molecule has 8 nitrogen and oxygen atoms in total. The van der Waals surface area contributed by atoms with E-state index < -0.39 is 23.8 Å². The fraction of sp³-hybridized carbons (Fsp3) is 0.190. The van der Waals surface area contributed by atoms with Crippen LogP contribution in [-0.4, -0.2) is 39.1 Å². The Labute approximate surface area is 167 Å². The van der Waals surface area contributed by atoms with E-state index in [1.54, 1.807) is 48.5 Å². The summed E-state index contributed by atoms with van der Waals surface area (Å²) >= 11 is 0. The summed E-state index contributed by atoms with van der Waals surface area (Å²) in [4.78, 5) is 37.9. The van der Waals surface area contributed by atoms with Crippen molar-refractivity contribution in [3.05, 3.63) is 70.9 Å². The Morgan fingerprint density at radius 3 is 2.31 bits per heavy atom.